The van der Waals surface area contributed by atoms with Crippen LogP contribution in [0.25, 0.3) is 0 Å². The van der Waals surface area contributed by atoms with Crippen molar-refractivity contribution in [2.75, 3.05) is 13.1 Å². The van der Waals surface area contributed by atoms with Crippen molar-refractivity contribution in [3.05, 3.63) is 34.3 Å². The molecule has 4 heteroatoms. The van der Waals surface area contributed by atoms with E-state index in [0.29, 0.717) is 16.5 Å². The highest BCUT2D eigenvalue weighted by Crippen LogP contribution is 2.25. The highest BCUT2D eigenvalue weighted by Gasteiger charge is 2.26. The van der Waals surface area contributed by atoms with Gasteiger partial charge in [0.05, 0.1) is 0 Å². The Morgan fingerprint density at radius 3 is 2.47 bits per heavy atom. The first-order chi connectivity index (χ1) is 8.97. The quantitative estimate of drug-likeness (QED) is 0.752. The first-order valence-electron chi connectivity index (χ1n) is 6.68. The van der Waals surface area contributed by atoms with Crippen LogP contribution in [0.5, 0.6) is 0 Å². The van der Waals surface area contributed by atoms with Gasteiger partial charge in [0, 0.05) is 29.1 Å². The molecule has 1 unspecified atom stereocenters. The van der Waals surface area contributed by atoms with Gasteiger partial charge in [0.25, 0.3) is 5.91 Å². The van der Waals surface area contributed by atoms with Crippen LogP contribution in [0.1, 0.15) is 35.7 Å². The lowest BCUT2D eigenvalue weighted by atomic mass is 9.93. The number of carbonyl (C=O) groups excluding carboxylic acids is 1. The first-order valence-corrected chi connectivity index (χ1v) is 7.49. The molecule has 1 aromatic rings. The lowest BCUT2D eigenvalue weighted by Crippen LogP contribution is -2.40. The molecule has 1 aliphatic rings. The van der Waals surface area contributed by atoms with Crippen LogP contribution in [-0.4, -0.2) is 29.3 Å². The lowest BCUT2D eigenvalue weighted by molar-refractivity contribution is 0.0690. The van der Waals surface area contributed by atoms with Crippen LogP contribution >= 0.6 is 23.2 Å². The van der Waals surface area contributed by atoms with E-state index in [4.69, 9.17) is 23.2 Å². The van der Waals surface area contributed by atoms with E-state index >= 15 is 0 Å². The minimum Gasteiger partial charge on any atom is -0.339 e. The molecule has 0 N–H and O–H groups in total. The molecule has 1 saturated heterocycles. The number of piperidine rings is 1. The number of benzene rings is 1. The van der Waals surface area contributed by atoms with Crippen LogP contribution < -0.4 is 0 Å². The average molecular weight is 300 g/mol. The molecule has 0 aromatic heterocycles. The van der Waals surface area contributed by atoms with E-state index in [2.05, 4.69) is 0 Å². The molecule has 0 bridgehead atoms. The molecule has 2 rings (SSSR count). The van der Waals surface area contributed by atoms with Gasteiger partial charge in [-0.2, -0.15) is 0 Å². The molecular weight excluding hydrogens is 281 g/mol. The molecule has 0 radical (unpaired) electrons. The number of aryl methyl sites for hydroxylation is 1. The zero-order valence-electron chi connectivity index (χ0n) is 11.3. The van der Waals surface area contributed by atoms with Crippen molar-refractivity contribution < 1.29 is 4.79 Å². The van der Waals surface area contributed by atoms with Gasteiger partial charge in [-0.1, -0.05) is 11.6 Å². The van der Waals surface area contributed by atoms with E-state index in [9.17, 15) is 4.79 Å². The molecule has 0 saturated carbocycles. The predicted molar refractivity (Wildman–Crippen MR) is 80.1 cm³/mol. The van der Waals surface area contributed by atoms with E-state index in [0.717, 1.165) is 31.5 Å². The SMILES string of the molecule is Cc1cc(Cl)cc(C(=O)N2CCC(C(C)Cl)CC2)c1. The number of hydrogen-bond donors (Lipinski definition) is 0. The first kappa shape index (κ1) is 14.7. The van der Waals surface area contributed by atoms with Gasteiger partial charge in [0.15, 0.2) is 0 Å². The van der Waals surface area contributed by atoms with E-state index in [-0.39, 0.29) is 11.3 Å². The predicted octanol–water partition coefficient (Wildman–Crippen LogP) is 4.13. The maximum atomic E-state index is 12.4. The van der Waals surface area contributed by atoms with Crippen molar-refractivity contribution >= 4 is 29.1 Å². The number of likely N-dealkylation sites (tertiary alicyclic amines) is 1. The Hall–Kier alpha value is -0.730. The normalized spacial score (nSPS) is 18.4. The Balaban J connectivity index is 2.05. The molecule has 2 nitrogen and oxygen atoms in total. The van der Waals surface area contributed by atoms with Crippen molar-refractivity contribution in [3.63, 3.8) is 0 Å². The monoisotopic (exact) mass is 299 g/mol. The fourth-order valence-electron chi connectivity index (χ4n) is 2.60. The molecular formula is C15H19Cl2NO. The van der Waals surface area contributed by atoms with Crippen molar-refractivity contribution in [2.24, 2.45) is 5.92 Å². The zero-order chi connectivity index (χ0) is 14.0. The van der Waals surface area contributed by atoms with Gasteiger partial charge in [0.2, 0.25) is 0 Å². The number of nitrogens with zero attached hydrogens (tertiary/aromatic N) is 1. The van der Waals surface area contributed by atoms with Crippen molar-refractivity contribution in [1.29, 1.82) is 0 Å². The van der Waals surface area contributed by atoms with Crippen LogP contribution in [0.3, 0.4) is 0 Å². The molecule has 0 aliphatic carbocycles. The Kier molecular flexibility index (Phi) is 4.75. The summed E-state index contributed by atoms with van der Waals surface area (Å²) in [6.07, 6.45) is 1.96. The molecule has 1 amide bonds. The summed E-state index contributed by atoms with van der Waals surface area (Å²) in [7, 11) is 0. The number of hydrogen-bond acceptors (Lipinski definition) is 1. The molecule has 19 heavy (non-hydrogen) atoms. The van der Waals surface area contributed by atoms with Crippen molar-refractivity contribution in [1.82, 2.24) is 4.90 Å². The third-order valence-electron chi connectivity index (χ3n) is 3.77. The summed E-state index contributed by atoms with van der Waals surface area (Å²) in [4.78, 5) is 14.3. The number of carbonyl (C=O) groups is 1. The largest absolute Gasteiger partial charge is 0.339 e. The standard InChI is InChI=1S/C15H19Cl2NO/c1-10-7-13(9-14(17)8-10)15(19)18-5-3-12(4-6-18)11(2)16/h7-9,11-12H,3-6H2,1-2H3. The van der Waals surface area contributed by atoms with Crippen LogP contribution in [0.15, 0.2) is 18.2 Å². The smallest absolute Gasteiger partial charge is 0.253 e. The summed E-state index contributed by atoms with van der Waals surface area (Å²) in [5, 5.41) is 0.804. The van der Waals surface area contributed by atoms with Crippen LogP contribution in [0, 0.1) is 12.8 Å². The van der Waals surface area contributed by atoms with Gasteiger partial charge < -0.3 is 4.90 Å². The molecule has 1 aromatic carbocycles. The number of halogens is 2. The summed E-state index contributed by atoms with van der Waals surface area (Å²) < 4.78 is 0. The van der Waals surface area contributed by atoms with Gasteiger partial charge in [-0.25, -0.2) is 0 Å². The molecule has 1 heterocycles. The van der Waals surface area contributed by atoms with E-state index in [1.807, 2.05) is 30.9 Å². The van der Waals surface area contributed by atoms with Crippen molar-refractivity contribution in [2.45, 2.75) is 32.1 Å². The second-order valence-electron chi connectivity index (χ2n) is 5.32. The molecule has 104 valence electrons. The van der Waals surface area contributed by atoms with Gasteiger partial charge in [-0.15, -0.1) is 11.6 Å². The van der Waals surface area contributed by atoms with Crippen LogP contribution in [-0.2, 0) is 0 Å². The Bertz CT molecular complexity index is 445. The van der Waals surface area contributed by atoms with E-state index in [1.165, 1.54) is 0 Å². The summed E-state index contributed by atoms with van der Waals surface area (Å²) >= 11 is 12.1. The summed E-state index contributed by atoms with van der Waals surface area (Å²) in [5.41, 5.74) is 1.70. The fourth-order valence-corrected chi connectivity index (χ4v) is 3.15. The summed E-state index contributed by atoms with van der Waals surface area (Å²) in [6.45, 7) is 5.55. The fraction of sp³-hybridized carbons (Fsp3) is 0.533. The van der Waals surface area contributed by atoms with E-state index < -0.39 is 0 Å². The number of amides is 1. The maximum absolute atomic E-state index is 12.4. The van der Waals surface area contributed by atoms with Crippen molar-refractivity contribution in [3.8, 4) is 0 Å². The third-order valence-corrected chi connectivity index (χ3v) is 4.34. The molecule has 1 aliphatic heterocycles. The van der Waals surface area contributed by atoms with E-state index in [1.54, 1.807) is 6.07 Å². The second-order valence-corrected chi connectivity index (χ2v) is 6.45. The molecule has 1 atom stereocenters. The minimum absolute atomic E-state index is 0.0753. The maximum Gasteiger partial charge on any atom is 0.253 e. The van der Waals surface area contributed by atoms with Gasteiger partial charge in [0.1, 0.15) is 0 Å². The zero-order valence-corrected chi connectivity index (χ0v) is 12.8. The lowest BCUT2D eigenvalue weighted by Gasteiger charge is -2.33. The Morgan fingerprint density at radius 2 is 1.95 bits per heavy atom. The average Bonchev–Trinajstić information content (AvgIpc) is 2.37. The van der Waals surface area contributed by atoms with Crippen LogP contribution in [0.2, 0.25) is 5.02 Å². The Morgan fingerprint density at radius 1 is 1.32 bits per heavy atom. The summed E-state index contributed by atoms with van der Waals surface area (Å²) in [6, 6.07) is 5.50. The number of rotatable bonds is 2. The third kappa shape index (κ3) is 3.64. The van der Waals surface area contributed by atoms with Gasteiger partial charge >= 0.3 is 0 Å². The highest BCUT2D eigenvalue weighted by molar-refractivity contribution is 6.31. The highest BCUT2D eigenvalue weighted by atomic mass is 35.5. The van der Waals surface area contributed by atoms with Gasteiger partial charge in [-0.3, -0.25) is 4.79 Å². The second kappa shape index (κ2) is 6.15. The topological polar surface area (TPSA) is 20.3 Å². The summed E-state index contributed by atoms with van der Waals surface area (Å²) in [5.74, 6) is 0.595. The number of alkyl halides is 1. The molecule has 0 spiro atoms. The molecule has 1 fully saturated rings. The van der Waals surface area contributed by atoms with Crippen LogP contribution in [0.4, 0.5) is 0 Å². The Labute approximate surface area is 124 Å². The van der Waals surface area contributed by atoms with Gasteiger partial charge in [-0.05, 0) is 56.4 Å². The minimum atomic E-state index is 0.0753.